The van der Waals surface area contributed by atoms with Crippen LogP contribution in [0.2, 0.25) is 0 Å². The van der Waals surface area contributed by atoms with Crippen molar-refractivity contribution < 1.29 is 9.47 Å². The first-order valence-electron chi connectivity index (χ1n) is 6.92. The Morgan fingerprint density at radius 1 is 0.850 bits per heavy atom. The number of benzene rings is 2. The van der Waals surface area contributed by atoms with Gasteiger partial charge in [-0.1, -0.05) is 72.8 Å². The van der Waals surface area contributed by atoms with Crippen molar-refractivity contribution in [1.29, 1.82) is 0 Å². The van der Waals surface area contributed by atoms with E-state index in [1.165, 1.54) is 11.1 Å². The second kappa shape index (κ2) is 6.51. The summed E-state index contributed by atoms with van der Waals surface area (Å²) in [5.74, 6) is 0. The largest absolute Gasteiger partial charge is 0.374 e. The topological polar surface area (TPSA) is 18.5 Å². The van der Waals surface area contributed by atoms with Crippen LogP contribution in [0.15, 0.2) is 72.8 Å². The van der Waals surface area contributed by atoms with Gasteiger partial charge in [-0.3, -0.25) is 0 Å². The Bertz CT molecular complexity index is 548. The van der Waals surface area contributed by atoms with Crippen molar-refractivity contribution in [2.24, 2.45) is 0 Å². The Kier molecular flexibility index (Phi) is 4.26. The molecule has 2 heteroatoms. The number of hydrogen-bond donors (Lipinski definition) is 0. The first kappa shape index (κ1) is 13.1. The van der Waals surface area contributed by atoms with Crippen LogP contribution < -0.4 is 0 Å². The van der Waals surface area contributed by atoms with Gasteiger partial charge in [0.1, 0.15) is 12.2 Å². The molecular formula is C18H18O2. The minimum absolute atomic E-state index is 0.0453. The molecule has 0 bridgehead atoms. The molecule has 0 spiro atoms. The molecule has 1 aliphatic heterocycles. The zero-order valence-corrected chi connectivity index (χ0v) is 11.3. The molecule has 0 aliphatic carbocycles. The molecular weight excluding hydrogens is 248 g/mol. The second-order valence-electron chi connectivity index (χ2n) is 4.89. The predicted molar refractivity (Wildman–Crippen MR) is 79.3 cm³/mol. The van der Waals surface area contributed by atoms with E-state index in [0.29, 0.717) is 13.2 Å². The minimum atomic E-state index is 0.0453. The standard InChI is InChI=1S/C18H18O2/c1-3-7-15(8-4-1)13-19-14-17-11-12-18(20-17)16-9-5-2-6-10-16/h1-12,17-18H,13-14H2/t17-,18+/m1/s1. The second-order valence-corrected chi connectivity index (χ2v) is 4.89. The molecule has 20 heavy (non-hydrogen) atoms. The molecule has 0 radical (unpaired) electrons. The first-order valence-corrected chi connectivity index (χ1v) is 6.92. The maximum Gasteiger partial charge on any atom is 0.102 e. The van der Waals surface area contributed by atoms with Crippen LogP contribution in [0, 0.1) is 0 Å². The fourth-order valence-corrected chi connectivity index (χ4v) is 2.30. The van der Waals surface area contributed by atoms with Gasteiger partial charge in [-0.2, -0.15) is 0 Å². The Balaban J connectivity index is 1.46. The van der Waals surface area contributed by atoms with Gasteiger partial charge in [-0.25, -0.2) is 0 Å². The van der Waals surface area contributed by atoms with Crippen LogP contribution in [0.3, 0.4) is 0 Å². The van der Waals surface area contributed by atoms with E-state index < -0.39 is 0 Å². The SMILES string of the molecule is C1=C[C@@H](c2ccccc2)O[C@H]1COCc1ccccc1. The fourth-order valence-electron chi connectivity index (χ4n) is 2.30. The van der Waals surface area contributed by atoms with Gasteiger partial charge in [0.25, 0.3) is 0 Å². The van der Waals surface area contributed by atoms with Crippen LogP contribution in [0.25, 0.3) is 0 Å². The minimum Gasteiger partial charge on any atom is -0.374 e. The summed E-state index contributed by atoms with van der Waals surface area (Å²) in [5, 5.41) is 0. The fraction of sp³-hybridized carbons (Fsp3) is 0.222. The van der Waals surface area contributed by atoms with Gasteiger partial charge in [-0.05, 0) is 11.1 Å². The van der Waals surface area contributed by atoms with E-state index in [2.05, 4.69) is 36.4 Å². The quantitative estimate of drug-likeness (QED) is 0.764. The van der Waals surface area contributed by atoms with E-state index in [0.717, 1.165) is 0 Å². The third-order valence-corrected chi connectivity index (χ3v) is 3.34. The number of ether oxygens (including phenoxy) is 2. The van der Waals surface area contributed by atoms with Gasteiger partial charge in [0.15, 0.2) is 0 Å². The normalized spacial score (nSPS) is 21.2. The molecule has 2 atom stereocenters. The molecule has 1 aliphatic rings. The van der Waals surface area contributed by atoms with Crippen molar-refractivity contribution in [3.63, 3.8) is 0 Å². The van der Waals surface area contributed by atoms with Crippen LogP contribution in [0.1, 0.15) is 17.2 Å². The molecule has 3 rings (SSSR count). The zero-order valence-electron chi connectivity index (χ0n) is 11.3. The molecule has 0 saturated heterocycles. The van der Waals surface area contributed by atoms with Crippen molar-refractivity contribution in [1.82, 2.24) is 0 Å². The summed E-state index contributed by atoms with van der Waals surface area (Å²) in [7, 11) is 0. The van der Waals surface area contributed by atoms with E-state index in [-0.39, 0.29) is 12.2 Å². The predicted octanol–water partition coefficient (Wildman–Crippen LogP) is 3.90. The number of hydrogen-bond acceptors (Lipinski definition) is 2. The average Bonchev–Trinajstić information content (AvgIpc) is 2.98. The van der Waals surface area contributed by atoms with Crippen LogP contribution in [-0.2, 0) is 16.1 Å². The molecule has 102 valence electrons. The lowest BCUT2D eigenvalue weighted by atomic mass is 10.1. The lowest BCUT2D eigenvalue weighted by Gasteiger charge is -2.14. The maximum absolute atomic E-state index is 5.95. The van der Waals surface area contributed by atoms with Crippen LogP contribution in [0.5, 0.6) is 0 Å². The average molecular weight is 266 g/mol. The smallest absolute Gasteiger partial charge is 0.102 e. The molecule has 0 unspecified atom stereocenters. The Morgan fingerprint density at radius 2 is 1.55 bits per heavy atom. The van der Waals surface area contributed by atoms with Crippen LogP contribution in [0.4, 0.5) is 0 Å². The summed E-state index contributed by atoms with van der Waals surface area (Å²) in [5.41, 5.74) is 2.38. The van der Waals surface area contributed by atoms with Crippen molar-refractivity contribution in [2.75, 3.05) is 6.61 Å². The summed E-state index contributed by atoms with van der Waals surface area (Å²) in [6.45, 7) is 1.22. The van der Waals surface area contributed by atoms with E-state index in [1.54, 1.807) is 0 Å². The van der Waals surface area contributed by atoms with Crippen LogP contribution in [-0.4, -0.2) is 12.7 Å². The number of rotatable bonds is 5. The Labute approximate surface area is 119 Å². The Morgan fingerprint density at radius 3 is 2.30 bits per heavy atom. The first-order chi connectivity index (χ1) is 9.92. The monoisotopic (exact) mass is 266 g/mol. The summed E-state index contributed by atoms with van der Waals surface area (Å²) in [6.07, 6.45) is 4.29. The van der Waals surface area contributed by atoms with Crippen molar-refractivity contribution >= 4 is 0 Å². The molecule has 2 aromatic carbocycles. The van der Waals surface area contributed by atoms with E-state index in [1.807, 2.05) is 36.4 Å². The highest BCUT2D eigenvalue weighted by molar-refractivity contribution is 5.23. The summed E-state index contributed by atoms with van der Waals surface area (Å²) >= 11 is 0. The summed E-state index contributed by atoms with van der Waals surface area (Å²) < 4.78 is 11.7. The molecule has 2 nitrogen and oxygen atoms in total. The summed E-state index contributed by atoms with van der Waals surface area (Å²) in [6, 6.07) is 20.4. The Hall–Kier alpha value is -1.90. The third-order valence-electron chi connectivity index (χ3n) is 3.34. The highest BCUT2D eigenvalue weighted by atomic mass is 16.5. The van der Waals surface area contributed by atoms with E-state index >= 15 is 0 Å². The van der Waals surface area contributed by atoms with Gasteiger partial charge < -0.3 is 9.47 Å². The molecule has 2 aromatic rings. The van der Waals surface area contributed by atoms with Gasteiger partial charge in [0.2, 0.25) is 0 Å². The van der Waals surface area contributed by atoms with Crippen molar-refractivity contribution in [2.45, 2.75) is 18.8 Å². The van der Waals surface area contributed by atoms with Crippen molar-refractivity contribution in [3.05, 3.63) is 83.9 Å². The van der Waals surface area contributed by atoms with Gasteiger partial charge in [0.05, 0.1) is 13.2 Å². The van der Waals surface area contributed by atoms with Gasteiger partial charge >= 0.3 is 0 Å². The highest BCUT2D eigenvalue weighted by Crippen LogP contribution is 2.26. The van der Waals surface area contributed by atoms with Crippen molar-refractivity contribution in [3.8, 4) is 0 Å². The molecule has 0 aromatic heterocycles. The van der Waals surface area contributed by atoms with E-state index in [4.69, 9.17) is 9.47 Å². The molecule has 0 saturated carbocycles. The lowest BCUT2D eigenvalue weighted by Crippen LogP contribution is -2.15. The van der Waals surface area contributed by atoms with Gasteiger partial charge in [-0.15, -0.1) is 0 Å². The summed E-state index contributed by atoms with van der Waals surface area (Å²) in [4.78, 5) is 0. The zero-order chi connectivity index (χ0) is 13.6. The van der Waals surface area contributed by atoms with Crippen LogP contribution >= 0.6 is 0 Å². The maximum atomic E-state index is 5.95. The molecule has 0 amide bonds. The molecule has 0 N–H and O–H groups in total. The third kappa shape index (κ3) is 3.35. The molecule has 1 heterocycles. The van der Waals surface area contributed by atoms with Gasteiger partial charge in [0, 0.05) is 0 Å². The lowest BCUT2D eigenvalue weighted by molar-refractivity contribution is -0.00887. The van der Waals surface area contributed by atoms with E-state index in [9.17, 15) is 0 Å². The highest BCUT2D eigenvalue weighted by Gasteiger charge is 2.20. The molecule has 0 fully saturated rings.